The molecule has 5 heteroatoms. The third kappa shape index (κ3) is 2.16. The molecule has 0 heterocycles. The fourth-order valence-electron chi connectivity index (χ4n) is 0.152. The average molecular weight is 205 g/mol. The van der Waals surface area contributed by atoms with E-state index in [1.54, 1.807) is 0 Å². The quantitative estimate of drug-likeness (QED) is 0.487. The van der Waals surface area contributed by atoms with Crippen LogP contribution >= 0.6 is 0 Å². The first-order valence-corrected chi connectivity index (χ1v) is 8.74. The summed E-state index contributed by atoms with van der Waals surface area (Å²) in [5.41, 5.74) is -2.26. The van der Waals surface area contributed by atoms with Crippen molar-refractivity contribution < 1.29 is 17.6 Å². The van der Waals surface area contributed by atoms with E-state index in [4.69, 9.17) is 0 Å². The van der Waals surface area contributed by atoms with Gasteiger partial charge in [-0.25, -0.2) is 0 Å². The molecule has 0 aromatic rings. The second-order valence-electron chi connectivity index (χ2n) is 2.22. The second kappa shape index (κ2) is 3.44. The van der Waals surface area contributed by atoms with Crippen molar-refractivity contribution in [3.63, 3.8) is 0 Å². The second-order valence-corrected chi connectivity index (χ2v) is 11.2. The molecule has 0 unspecified atom stereocenters. The maximum absolute atomic E-state index is 11.7. The van der Waals surface area contributed by atoms with E-state index in [2.05, 4.69) is 0 Å². The summed E-state index contributed by atoms with van der Waals surface area (Å²) in [5.74, 6) is 1.06. The van der Waals surface area contributed by atoms with E-state index in [1.165, 1.54) is 0 Å². The van der Waals surface area contributed by atoms with E-state index in [-0.39, 0.29) is 0 Å². The summed E-state index contributed by atoms with van der Waals surface area (Å²) in [6.45, 7) is 0. The number of alkyl halides is 4. The molecule has 0 spiro atoms. The summed E-state index contributed by atoms with van der Waals surface area (Å²) in [5, 5.41) is -2.74. The average Bonchev–Trinajstić information content (AvgIpc) is 1.86. The molecule has 56 valence electrons. The number of hydrogen-bond acceptors (Lipinski definition) is 0. The molecule has 0 radical (unpaired) electrons. The first kappa shape index (κ1) is 9.26. The van der Waals surface area contributed by atoms with Crippen LogP contribution < -0.4 is 0 Å². The van der Waals surface area contributed by atoms with E-state index in [9.17, 15) is 17.6 Å². The summed E-state index contributed by atoms with van der Waals surface area (Å²) in [6, 6.07) is 0. The van der Waals surface area contributed by atoms with Crippen molar-refractivity contribution in [2.45, 2.75) is 11.0 Å². The standard InChI is InChI=1S/C4H8F4Ge/c1-9(2-5,3-6)4(7)8/h4H,2-3H2,1H3. The number of rotatable bonds is 3. The molecule has 0 saturated carbocycles. The van der Waals surface area contributed by atoms with E-state index in [0.717, 1.165) is 5.76 Å². The summed E-state index contributed by atoms with van der Waals surface area (Å²) < 4.78 is 46.7. The van der Waals surface area contributed by atoms with Crippen LogP contribution in [0.5, 0.6) is 0 Å². The van der Waals surface area contributed by atoms with Gasteiger partial charge in [0.15, 0.2) is 0 Å². The van der Waals surface area contributed by atoms with E-state index in [0.29, 0.717) is 0 Å². The van der Waals surface area contributed by atoms with Crippen molar-refractivity contribution in [2.75, 3.05) is 11.0 Å². The third-order valence-electron chi connectivity index (χ3n) is 1.14. The van der Waals surface area contributed by atoms with Crippen molar-refractivity contribution in [3.05, 3.63) is 0 Å². The molecule has 0 N–H and O–H groups in total. The Balaban J connectivity index is 3.92. The summed E-state index contributed by atoms with van der Waals surface area (Å²) in [7, 11) is 0. The fourth-order valence-corrected chi connectivity index (χ4v) is 0.792. The van der Waals surface area contributed by atoms with Crippen LogP contribution in [0.4, 0.5) is 17.6 Å². The van der Waals surface area contributed by atoms with Crippen molar-refractivity contribution in [1.82, 2.24) is 0 Å². The molecule has 0 bridgehead atoms. The predicted octanol–water partition coefficient (Wildman–Crippen LogP) is 1.89. The fraction of sp³-hybridized carbons (Fsp3) is 1.00. The van der Waals surface area contributed by atoms with Crippen LogP contribution in [0.25, 0.3) is 0 Å². The van der Waals surface area contributed by atoms with Gasteiger partial charge in [0.05, 0.1) is 0 Å². The molecule has 0 aromatic heterocycles. The van der Waals surface area contributed by atoms with Gasteiger partial charge in [0.2, 0.25) is 0 Å². The van der Waals surface area contributed by atoms with Crippen LogP contribution in [0, 0.1) is 0 Å². The third-order valence-corrected chi connectivity index (χ3v) is 5.91. The van der Waals surface area contributed by atoms with Gasteiger partial charge in [0.25, 0.3) is 0 Å². The van der Waals surface area contributed by atoms with Gasteiger partial charge in [0.1, 0.15) is 0 Å². The Hall–Kier alpha value is 0.263. The molecule has 0 amide bonds. The van der Waals surface area contributed by atoms with E-state index in [1.807, 2.05) is 0 Å². The monoisotopic (exact) mass is 206 g/mol. The molecule has 0 aromatic carbocycles. The van der Waals surface area contributed by atoms with Crippen molar-refractivity contribution >= 4 is 13.3 Å². The minimum atomic E-state index is -3.92. The zero-order valence-electron chi connectivity index (χ0n) is 5.00. The molecule has 0 aliphatic rings. The molecule has 0 aliphatic heterocycles. The van der Waals surface area contributed by atoms with Crippen LogP contribution in [0.3, 0.4) is 0 Å². The van der Waals surface area contributed by atoms with Gasteiger partial charge in [-0.1, -0.05) is 0 Å². The van der Waals surface area contributed by atoms with Crippen LogP contribution in [0.2, 0.25) is 5.76 Å². The van der Waals surface area contributed by atoms with Crippen LogP contribution in [0.1, 0.15) is 0 Å². The Kier molecular flexibility index (Phi) is 3.54. The van der Waals surface area contributed by atoms with Crippen molar-refractivity contribution in [3.8, 4) is 0 Å². The SMILES string of the molecule is [CH3][Ge]([CH2]F)([CH2]F)[CH](F)F. The zero-order valence-corrected chi connectivity index (χ0v) is 7.10. The molecular weight excluding hydrogens is 197 g/mol. The van der Waals surface area contributed by atoms with Crippen molar-refractivity contribution in [2.24, 2.45) is 0 Å². The van der Waals surface area contributed by atoms with Crippen LogP contribution in [-0.4, -0.2) is 29.5 Å². The predicted molar refractivity (Wildman–Crippen MR) is 29.6 cm³/mol. The topological polar surface area (TPSA) is 0 Å². The molecule has 0 atom stereocenters. The first-order valence-electron chi connectivity index (χ1n) is 2.47. The number of halogens is 4. The Morgan fingerprint density at radius 2 is 1.56 bits per heavy atom. The first-order chi connectivity index (χ1) is 4.06. The molecule has 0 rings (SSSR count). The Morgan fingerprint density at radius 3 is 1.56 bits per heavy atom. The normalized spacial score (nSPS) is 12.7. The van der Waals surface area contributed by atoms with Crippen LogP contribution in [-0.2, 0) is 0 Å². The van der Waals surface area contributed by atoms with Gasteiger partial charge in [-0.05, 0) is 0 Å². The number of hydrogen-bond donors (Lipinski definition) is 0. The molecule has 0 nitrogen and oxygen atoms in total. The van der Waals surface area contributed by atoms with Gasteiger partial charge in [0, 0.05) is 0 Å². The van der Waals surface area contributed by atoms with E-state index < -0.39 is 29.5 Å². The van der Waals surface area contributed by atoms with Crippen LogP contribution in [0.15, 0.2) is 0 Å². The minimum absolute atomic E-state index is 1.06. The van der Waals surface area contributed by atoms with E-state index >= 15 is 0 Å². The summed E-state index contributed by atoms with van der Waals surface area (Å²) in [4.78, 5) is 0. The molecule has 0 fully saturated rings. The Morgan fingerprint density at radius 1 is 1.22 bits per heavy atom. The summed E-state index contributed by atoms with van der Waals surface area (Å²) in [6.07, 6.45) is 0. The van der Waals surface area contributed by atoms with Gasteiger partial charge in [-0.15, -0.1) is 0 Å². The molecule has 9 heavy (non-hydrogen) atoms. The Bertz CT molecular complexity index is 80.6. The van der Waals surface area contributed by atoms with Gasteiger partial charge < -0.3 is 0 Å². The molecule has 0 aliphatic carbocycles. The molecular formula is C4H8F4Ge. The van der Waals surface area contributed by atoms with Gasteiger partial charge >= 0.3 is 52.9 Å². The molecule has 0 saturated heterocycles. The summed E-state index contributed by atoms with van der Waals surface area (Å²) >= 11 is -3.92. The maximum atomic E-state index is 11.7. The van der Waals surface area contributed by atoms with Gasteiger partial charge in [-0.3, -0.25) is 0 Å². The zero-order chi connectivity index (χ0) is 7.49. The van der Waals surface area contributed by atoms with Crippen molar-refractivity contribution in [1.29, 1.82) is 0 Å². The van der Waals surface area contributed by atoms with Gasteiger partial charge in [-0.2, -0.15) is 0 Å². The Labute approximate surface area is 53.6 Å².